The first-order valence-corrected chi connectivity index (χ1v) is 9.77. The summed E-state index contributed by atoms with van der Waals surface area (Å²) in [6, 6.07) is 15.2. The van der Waals surface area contributed by atoms with Crippen molar-refractivity contribution in [1.82, 2.24) is 14.6 Å². The van der Waals surface area contributed by atoms with Gasteiger partial charge in [-0.3, -0.25) is 4.79 Å². The number of thiazole rings is 1. The SMILES string of the molecule is C=CCOc1ccccc1C=c1sc2nc(-c3ccccc3Br)nn2c1=O. The Morgan fingerprint density at radius 2 is 1.96 bits per heavy atom. The third-order valence-corrected chi connectivity index (χ3v) is 5.51. The molecule has 0 radical (unpaired) electrons. The molecule has 0 atom stereocenters. The predicted molar refractivity (Wildman–Crippen MR) is 111 cm³/mol. The highest BCUT2D eigenvalue weighted by atomic mass is 79.9. The van der Waals surface area contributed by atoms with Gasteiger partial charge in [-0.1, -0.05) is 70.3 Å². The molecule has 2 aromatic carbocycles. The summed E-state index contributed by atoms with van der Waals surface area (Å²) in [5, 5.41) is 4.39. The molecule has 4 rings (SSSR count). The van der Waals surface area contributed by atoms with Crippen LogP contribution >= 0.6 is 27.3 Å². The zero-order valence-corrected chi connectivity index (χ0v) is 16.5. The number of benzene rings is 2. The van der Waals surface area contributed by atoms with Gasteiger partial charge in [0.25, 0.3) is 5.56 Å². The van der Waals surface area contributed by atoms with Crippen LogP contribution in [0.5, 0.6) is 5.75 Å². The first kappa shape index (κ1) is 17.6. The molecule has 0 aliphatic heterocycles. The van der Waals surface area contributed by atoms with Crippen molar-refractivity contribution in [2.75, 3.05) is 6.61 Å². The van der Waals surface area contributed by atoms with Crippen molar-refractivity contribution in [1.29, 1.82) is 0 Å². The molecular weight excluding hydrogens is 426 g/mol. The summed E-state index contributed by atoms with van der Waals surface area (Å²) >= 11 is 4.80. The zero-order valence-electron chi connectivity index (χ0n) is 14.1. The average molecular weight is 440 g/mol. The summed E-state index contributed by atoms with van der Waals surface area (Å²) in [6.45, 7) is 4.06. The number of hydrogen-bond donors (Lipinski definition) is 0. The normalized spacial score (nSPS) is 11.8. The summed E-state index contributed by atoms with van der Waals surface area (Å²) in [4.78, 5) is 17.8. The Labute approximate surface area is 167 Å². The molecule has 0 bridgehead atoms. The molecule has 0 saturated heterocycles. The number of ether oxygens (including phenoxy) is 1. The summed E-state index contributed by atoms with van der Waals surface area (Å²) in [7, 11) is 0. The van der Waals surface area contributed by atoms with Gasteiger partial charge in [0.15, 0.2) is 5.82 Å². The van der Waals surface area contributed by atoms with E-state index in [1.54, 1.807) is 12.2 Å². The predicted octanol–water partition coefficient (Wildman–Crippen LogP) is 3.69. The molecule has 0 saturated carbocycles. The van der Waals surface area contributed by atoms with Crippen molar-refractivity contribution in [3.8, 4) is 17.1 Å². The highest BCUT2D eigenvalue weighted by Crippen LogP contribution is 2.25. The van der Waals surface area contributed by atoms with E-state index < -0.39 is 0 Å². The maximum atomic E-state index is 12.8. The lowest BCUT2D eigenvalue weighted by Gasteiger charge is -2.05. The largest absolute Gasteiger partial charge is 0.489 e. The van der Waals surface area contributed by atoms with E-state index in [4.69, 9.17) is 4.74 Å². The second-order valence-corrected chi connectivity index (χ2v) is 7.53. The van der Waals surface area contributed by atoms with Crippen LogP contribution in [0.4, 0.5) is 0 Å². The maximum Gasteiger partial charge on any atom is 0.291 e. The zero-order chi connectivity index (χ0) is 18.8. The average Bonchev–Trinajstić information content (AvgIpc) is 3.21. The van der Waals surface area contributed by atoms with E-state index in [1.165, 1.54) is 15.9 Å². The molecular formula is C20H14BrN3O2S. The highest BCUT2D eigenvalue weighted by molar-refractivity contribution is 9.10. The monoisotopic (exact) mass is 439 g/mol. The van der Waals surface area contributed by atoms with E-state index in [1.807, 2.05) is 48.5 Å². The molecule has 2 aromatic heterocycles. The minimum atomic E-state index is -0.195. The first-order chi connectivity index (χ1) is 13.2. The Balaban J connectivity index is 1.79. The van der Waals surface area contributed by atoms with E-state index in [0.717, 1.165) is 15.6 Å². The number of halogens is 1. The molecule has 134 valence electrons. The van der Waals surface area contributed by atoms with Crippen molar-refractivity contribution in [2.24, 2.45) is 0 Å². The van der Waals surface area contributed by atoms with Crippen LogP contribution < -0.4 is 14.8 Å². The second-order valence-electron chi connectivity index (χ2n) is 5.66. The molecule has 0 N–H and O–H groups in total. The number of para-hydroxylation sites is 1. The molecule has 2 heterocycles. The van der Waals surface area contributed by atoms with Crippen LogP contribution in [0.1, 0.15) is 5.56 Å². The Morgan fingerprint density at radius 1 is 1.19 bits per heavy atom. The molecule has 0 fully saturated rings. The molecule has 5 nitrogen and oxygen atoms in total. The minimum absolute atomic E-state index is 0.195. The molecule has 4 aromatic rings. The van der Waals surface area contributed by atoms with Crippen LogP contribution in [-0.4, -0.2) is 21.2 Å². The van der Waals surface area contributed by atoms with Gasteiger partial charge in [-0.05, 0) is 24.3 Å². The van der Waals surface area contributed by atoms with Crippen LogP contribution in [0.3, 0.4) is 0 Å². The Bertz CT molecular complexity index is 1250. The van der Waals surface area contributed by atoms with E-state index >= 15 is 0 Å². The van der Waals surface area contributed by atoms with Gasteiger partial charge >= 0.3 is 0 Å². The quantitative estimate of drug-likeness (QED) is 0.445. The van der Waals surface area contributed by atoms with Gasteiger partial charge in [-0.2, -0.15) is 9.50 Å². The molecule has 0 unspecified atom stereocenters. The number of aromatic nitrogens is 3. The molecule has 27 heavy (non-hydrogen) atoms. The van der Waals surface area contributed by atoms with Crippen molar-refractivity contribution >= 4 is 38.3 Å². The van der Waals surface area contributed by atoms with Gasteiger partial charge in [0.05, 0.1) is 4.53 Å². The van der Waals surface area contributed by atoms with E-state index in [2.05, 4.69) is 32.6 Å². The van der Waals surface area contributed by atoms with Gasteiger partial charge in [0.2, 0.25) is 4.96 Å². The summed E-state index contributed by atoms with van der Waals surface area (Å²) < 4.78 is 8.44. The van der Waals surface area contributed by atoms with Crippen molar-refractivity contribution in [3.05, 3.63) is 86.1 Å². The fourth-order valence-corrected chi connectivity index (χ4v) is 3.97. The lowest BCUT2D eigenvalue weighted by Crippen LogP contribution is -2.23. The Hall–Kier alpha value is -2.77. The van der Waals surface area contributed by atoms with Gasteiger partial charge in [-0.15, -0.1) is 5.10 Å². The minimum Gasteiger partial charge on any atom is -0.489 e. The standard InChI is InChI=1S/C20H14BrN3O2S/c1-2-11-26-16-10-6-3-7-13(16)12-17-19(25)24-20(27-17)22-18(23-24)14-8-4-5-9-15(14)21/h2-10,12H,1,11H2. The van der Waals surface area contributed by atoms with E-state index in [-0.39, 0.29) is 5.56 Å². The van der Waals surface area contributed by atoms with Crippen LogP contribution in [0.15, 0.2) is 70.5 Å². The van der Waals surface area contributed by atoms with Crippen LogP contribution in [-0.2, 0) is 0 Å². The maximum absolute atomic E-state index is 12.8. The van der Waals surface area contributed by atoms with E-state index in [0.29, 0.717) is 27.7 Å². The molecule has 0 spiro atoms. The fourth-order valence-electron chi connectivity index (χ4n) is 2.61. The lowest BCUT2D eigenvalue weighted by molar-refractivity contribution is 0.362. The van der Waals surface area contributed by atoms with Crippen LogP contribution in [0, 0.1) is 0 Å². The van der Waals surface area contributed by atoms with Crippen LogP contribution in [0.2, 0.25) is 0 Å². The van der Waals surface area contributed by atoms with Gasteiger partial charge in [0, 0.05) is 15.6 Å². The number of rotatable bonds is 5. The fraction of sp³-hybridized carbons (Fsp3) is 0.0500. The topological polar surface area (TPSA) is 56.5 Å². The summed E-state index contributed by atoms with van der Waals surface area (Å²) in [6.07, 6.45) is 3.49. The van der Waals surface area contributed by atoms with Gasteiger partial charge in [0.1, 0.15) is 12.4 Å². The number of hydrogen-bond acceptors (Lipinski definition) is 5. The molecule has 0 aliphatic carbocycles. The van der Waals surface area contributed by atoms with Crippen molar-refractivity contribution < 1.29 is 4.74 Å². The molecule has 0 amide bonds. The third-order valence-electron chi connectivity index (χ3n) is 3.86. The molecule has 7 heteroatoms. The Kier molecular flexibility index (Phi) is 4.87. The molecule has 0 aliphatic rings. The van der Waals surface area contributed by atoms with Crippen LogP contribution in [0.25, 0.3) is 22.4 Å². The van der Waals surface area contributed by atoms with Gasteiger partial charge < -0.3 is 4.74 Å². The smallest absolute Gasteiger partial charge is 0.291 e. The summed E-state index contributed by atoms with van der Waals surface area (Å²) in [5.41, 5.74) is 1.48. The second kappa shape index (κ2) is 7.46. The van der Waals surface area contributed by atoms with E-state index in [9.17, 15) is 4.79 Å². The lowest BCUT2D eigenvalue weighted by atomic mass is 10.2. The van der Waals surface area contributed by atoms with Gasteiger partial charge in [-0.25, -0.2) is 0 Å². The number of fused-ring (bicyclic) bond motifs is 1. The third kappa shape index (κ3) is 3.43. The Morgan fingerprint density at radius 3 is 2.74 bits per heavy atom. The van der Waals surface area contributed by atoms with Crippen molar-refractivity contribution in [3.63, 3.8) is 0 Å². The number of nitrogens with zero attached hydrogens (tertiary/aromatic N) is 3. The first-order valence-electron chi connectivity index (χ1n) is 8.16. The highest BCUT2D eigenvalue weighted by Gasteiger charge is 2.14. The summed E-state index contributed by atoms with van der Waals surface area (Å²) in [5.74, 6) is 1.22. The van der Waals surface area contributed by atoms with Crippen molar-refractivity contribution in [2.45, 2.75) is 0 Å².